The Labute approximate surface area is 147 Å². The summed E-state index contributed by atoms with van der Waals surface area (Å²) in [5, 5.41) is 6.75. The van der Waals surface area contributed by atoms with Crippen molar-refractivity contribution in [2.45, 2.75) is 13.5 Å². The molecular weight excluding hydrogens is 405 g/mol. The molecule has 0 saturated heterocycles. The van der Waals surface area contributed by atoms with Crippen molar-refractivity contribution in [2.75, 3.05) is 0 Å². The predicted molar refractivity (Wildman–Crippen MR) is 94.8 cm³/mol. The second-order valence-electron chi connectivity index (χ2n) is 5.04. The van der Waals surface area contributed by atoms with Gasteiger partial charge in [0.25, 0.3) is 5.91 Å². The Morgan fingerprint density at radius 3 is 2.83 bits per heavy atom. The number of halogens is 1. The van der Waals surface area contributed by atoms with Gasteiger partial charge in [-0.3, -0.25) is 4.79 Å². The largest absolute Gasteiger partial charge is 0.343 e. The van der Waals surface area contributed by atoms with Gasteiger partial charge in [0.15, 0.2) is 0 Å². The smallest absolute Gasteiger partial charge is 0.252 e. The van der Waals surface area contributed by atoms with Gasteiger partial charge in [-0.05, 0) is 47.7 Å². The van der Waals surface area contributed by atoms with Crippen LogP contribution >= 0.6 is 22.6 Å². The van der Waals surface area contributed by atoms with Crippen LogP contribution in [-0.2, 0) is 6.54 Å². The van der Waals surface area contributed by atoms with Crippen molar-refractivity contribution in [3.63, 3.8) is 0 Å². The maximum Gasteiger partial charge on any atom is 0.252 e. The summed E-state index contributed by atoms with van der Waals surface area (Å²) in [6, 6.07) is 15.3. The van der Waals surface area contributed by atoms with Crippen LogP contribution in [0.2, 0.25) is 0 Å². The van der Waals surface area contributed by atoms with E-state index in [1.165, 1.54) is 0 Å². The van der Waals surface area contributed by atoms with E-state index in [1.807, 2.05) is 49.4 Å². The molecule has 0 aliphatic heterocycles. The van der Waals surface area contributed by atoms with Gasteiger partial charge in [-0.2, -0.15) is 4.98 Å². The van der Waals surface area contributed by atoms with Gasteiger partial charge in [-0.1, -0.05) is 41.1 Å². The molecule has 0 bridgehead atoms. The summed E-state index contributed by atoms with van der Waals surface area (Å²) in [7, 11) is 0. The van der Waals surface area contributed by atoms with Crippen molar-refractivity contribution in [2.24, 2.45) is 0 Å². The maximum absolute atomic E-state index is 12.2. The molecule has 23 heavy (non-hydrogen) atoms. The summed E-state index contributed by atoms with van der Waals surface area (Å²) >= 11 is 2.13. The van der Waals surface area contributed by atoms with E-state index in [1.54, 1.807) is 6.07 Å². The average Bonchev–Trinajstić information content (AvgIpc) is 3.02. The number of nitrogens with one attached hydrogen (secondary N) is 1. The lowest BCUT2D eigenvalue weighted by molar-refractivity contribution is 0.0945. The average molecular weight is 419 g/mol. The molecule has 0 aliphatic rings. The zero-order valence-electron chi connectivity index (χ0n) is 12.4. The second kappa shape index (κ2) is 6.91. The topological polar surface area (TPSA) is 68.0 Å². The van der Waals surface area contributed by atoms with Gasteiger partial charge in [-0.25, -0.2) is 0 Å². The minimum absolute atomic E-state index is 0.162. The monoisotopic (exact) mass is 419 g/mol. The molecule has 0 spiro atoms. The number of carbonyl (C=O) groups is 1. The molecule has 1 amide bonds. The van der Waals surface area contributed by atoms with Crippen LogP contribution in [0.5, 0.6) is 0 Å². The predicted octanol–water partition coefficient (Wildman–Crippen LogP) is 3.58. The quantitative estimate of drug-likeness (QED) is 0.657. The molecule has 0 aliphatic carbocycles. The van der Waals surface area contributed by atoms with Crippen LogP contribution in [0.15, 0.2) is 53.1 Å². The summed E-state index contributed by atoms with van der Waals surface area (Å²) < 4.78 is 6.09. The lowest BCUT2D eigenvalue weighted by Crippen LogP contribution is -2.23. The molecule has 0 atom stereocenters. The highest BCUT2D eigenvalue weighted by Crippen LogP contribution is 2.17. The van der Waals surface area contributed by atoms with Crippen molar-refractivity contribution >= 4 is 28.5 Å². The third-order valence-corrected chi connectivity index (χ3v) is 4.20. The number of aryl methyl sites for hydroxylation is 1. The minimum Gasteiger partial charge on any atom is -0.343 e. The molecule has 3 aromatic rings. The Bertz CT molecular complexity index is 845. The van der Waals surface area contributed by atoms with Gasteiger partial charge in [0.2, 0.25) is 11.7 Å². The lowest BCUT2D eigenvalue weighted by Gasteiger charge is -2.04. The Hall–Kier alpha value is -2.22. The highest BCUT2D eigenvalue weighted by atomic mass is 127. The third-order valence-electron chi connectivity index (χ3n) is 3.26. The lowest BCUT2D eigenvalue weighted by atomic mass is 10.1. The number of amides is 1. The molecule has 1 aromatic heterocycles. The van der Waals surface area contributed by atoms with Crippen LogP contribution in [0, 0.1) is 10.5 Å². The molecule has 1 N–H and O–H groups in total. The van der Waals surface area contributed by atoms with Crippen LogP contribution < -0.4 is 5.32 Å². The molecule has 0 fully saturated rings. The number of benzene rings is 2. The minimum atomic E-state index is -0.162. The SMILES string of the molecule is Cc1cccc(-c2noc(CNC(=O)c3ccccc3I)n2)c1. The van der Waals surface area contributed by atoms with E-state index >= 15 is 0 Å². The fourth-order valence-corrected chi connectivity index (χ4v) is 2.76. The van der Waals surface area contributed by atoms with Crippen LogP contribution in [0.25, 0.3) is 11.4 Å². The maximum atomic E-state index is 12.2. The molecular formula is C17H14IN3O2. The standard InChI is InChI=1S/C17H14IN3O2/c1-11-5-4-6-12(9-11)16-20-15(23-21-16)10-19-17(22)13-7-2-3-8-14(13)18/h2-9H,10H2,1H3,(H,19,22). The van der Waals surface area contributed by atoms with E-state index in [0.29, 0.717) is 17.3 Å². The molecule has 0 unspecified atom stereocenters. The molecule has 5 nitrogen and oxygen atoms in total. The van der Waals surface area contributed by atoms with E-state index in [-0.39, 0.29) is 12.5 Å². The fourth-order valence-electron chi connectivity index (χ4n) is 2.12. The van der Waals surface area contributed by atoms with Crippen LogP contribution in [0.1, 0.15) is 21.8 Å². The highest BCUT2D eigenvalue weighted by molar-refractivity contribution is 14.1. The van der Waals surface area contributed by atoms with Crippen LogP contribution in [0.3, 0.4) is 0 Å². The fraction of sp³-hybridized carbons (Fsp3) is 0.118. The number of hydrogen-bond donors (Lipinski definition) is 1. The molecule has 1 heterocycles. The first kappa shape index (κ1) is 15.7. The third kappa shape index (κ3) is 3.76. The first-order valence-corrected chi connectivity index (χ1v) is 8.14. The van der Waals surface area contributed by atoms with Gasteiger partial charge in [0, 0.05) is 9.13 Å². The first-order valence-electron chi connectivity index (χ1n) is 7.06. The number of hydrogen-bond acceptors (Lipinski definition) is 4. The molecule has 2 aromatic carbocycles. The Balaban J connectivity index is 1.68. The summed E-state index contributed by atoms with van der Waals surface area (Å²) in [6.45, 7) is 2.20. The van der Waals surface area contributed by atoms with Gasteiger partial charge in [0.1, 0.15) is 0 Å². The molecule has 3 rings (SSSR count). The molecule has 116 valence electrons. The van der Waals surface area contributed by atoms with E-state index in [4.69, 9.17) is 4.52 Å². The summed E-state index contributed by atoms with van der Waals surface area (Å²) in [4.78, 5) is 16.5. The van der Waals surface area contributed by atoms with Crippen molar-refractivity contribution in [1.82, 2.24) is 15.5 Å². The first-order chi connectivity index (χ1) is 11.1. The highest BCUT2D eigenvalue weighted by Gasteiger charge is 2.12. The van der Waals surface area contributed by atoms with Crippen LogP contribution in [0.4, 0.5) is 0 Å². The van der Waals surface area contributed by atoms with E-state index in [2.05, 4.69) is 38.0 Å². The zero-order valence-corrected chi connectivity index (χ0v) is 14.6. The van der Waals surface area contributed by atoms with Gasteiger partial charge in [-0.15, -0.1) is 0 Å². The summed E-state index contributed by atoms with van der Waals surface area (Å²) in [5.41, 5.74) is 2.65. The van der Waals surface area contributed by atoms with Gasteiger partial charge >= 0.3 is 0 Å². The van der Waals surface area contributed by atoms with E-state index < -0.39 is 0 Å². The molecule has 0 saturated carbocycles. The zero-order chi connectivity index (χ0) is 16.2. The number of carbonyl (C=O) groups excluding carboxylic acids is 1. The van der Waals surface area contributed by atoms with Crippen molar-refractivity contribution in [3.8, 4) is 11.4 Å². The second-order valence-corrected chi connectivity index (χ2v) is 6.21. The summed E-state index contributed by atoms with van der Waals surface area (Å²) in [5.74, 6) is 0.735. The van der Waals surface area contributed by atoms with Gasteiger partial charge < -0.3 is 9.84 Å². The normalized spacial score (nSPS) is 10.5. The Morgan fingerprint density at radius 1 is 1.22 bits per heavy atom. The van der Waals surface area contributed by atoms with Gasteiger partial charge in [0.05, 0.1) is 12.1 Å². The molecule has 0 radical (unpaired) electrons. The Morgan fingerprint density at radius 2 is 2.04 bits per heavy atom. The Kier molecular flexibility index (Phi) is 4.71. The molecule has 6 heteroatoms. The number of rotatable bonds is 4. The van der Waals surface area contributed by atoms with E-state index in [9.17, 15) is 4.79 Å². The van der Waals surface area contributed by atoms with E-state index in [0.717, 1.165) is 14.7 Å². The number of nitrogens with zero attached hydrogens (tertiary/aromatic N) is 2. The number of aromatic nitrogens is 2. The van der Waals surface area contributed by atoms with Crippen molar-refractivity contribution in [3.05, 3.63) is 69.1 Å². The van der Waals surface area contributed by atoms with Crippen molar-refractivity contribution in [1.29, 1.82) is 0 Å². The van der Waals surface area contributed by atoms with Crippen LogP contribution in [-0.4, -0.2) is 16.0 Å². The summed E-state index contributed by atoms with van der Waals surface area (Å²) in [6.07, 6.45) is 0. The van der Waals surface area contributed by atoms with Crippen molar-refractivity contribution < 1.29 is 9.32 Å².